The molecule has 1 aliphatic heterocycles. The van der Waals surface area contributed by atoms with Crippen molar-refractivity contribution in [3.63, 3.8) is 0 Å². The quantitative estimate of drug-likeness (QED) is 0.404. The smallest absolute Gasteiger partial charge is 0.265 e. The summed E-state index contributed by atoms with van der Waals surface area (Å²) in [4.78, 5) is 23.2. The van der Waals surface area contributed by atoms with E-state index in [4.69, 9.17) is 20.7 Å². The summed E-state index contributed by atoms with van der Waals surface area (Å²) in [6.45, 7) is 0. The molecule has 0 bridgehead atoms. The average molecular weight is 456 g/mol. The highest BCUT2D eigenvalue weighted by molar-refractivity contribution is 7.82. The molecule has 168 valence electrons. The van der Waals surface area contributed by atoms with Gasteiger partial charge in [-0.2, -0.15) is 4.98 Å². The summed E-state index contributed by atoms with van der Waals surface area (Å²) in [5, 5.41) is 10.6. The number of hydrogen-bond acceptors (Lipinski definition) is 7. The van der Waals surface area contributed by atoms with Gasteiger partial charge >= 0.3 is 0 Å². The van der Waals surface area contributed by atoms with Crippen LogP contribution in [0.15, 0.2) is 41.4 Å². The van der Waals surface area contributed by atoms with E-state index >= 15 is 0 Å². The molecule has 32 heavy (non-hydrogen) atoms. The molecule has 2 atom stereocenters. The van der Waals surface area contributed by atoms with Crippen molar-refractivity contribution in [1.29, 1.82) is 0 Å². The number of nitrogens with one attached hydrogen (secondary N) is 1. The molecule has 0 radical (unpaired) electrons. The number of anilines is 2. The summed E-state index contributed by atoms with van der Waals surface area (Å²) >= 11 is 0. The average Bonchev–Trinajstić information content (AvgIpc) is 3.18. The lowest BCUT2D eigenvalue weighted by Gasteiger charge is -2.46. The Morgan fingerprint density at radius 1 is 1.22 bits per heavy atom. The number of carbonyl (C=O) groups excluding carboxylic acids is 1. The number of aromatic nitrogens is 3. The Morgan fingerprint density at radius 2 is 1.94 bits per heavy atom. The van der Waals surface area contributed by atoms with Gasteiger partial charge in [0.1, 0.15) is 22.2 Å². The van der Waals surface area contributed by atoms with E-state index in [1.54, 1.807) is 30.5 Å². The zero-order valence-electron chi connectivity index (χ0n) is 17.7. The van der Waals surface area contributed by atoms with Crippen molar-refractivity contribution >= 4 is 39.6 Å². The zero-order chi connectivity index (χ0) is 22.5. The summed E-state index contributed by atoms with van der Waals surface area (Å²) in [5.41, 5.74) is 1.43. The molecule has 11 heteroatoms. The third-order valence-electron chi connectivity index (χ3n) is 6.38. The van der Waals surface area contributed by atoms with Crippen molar-refractivity contribution in [3.8, 4) is 0 Å². The minimum absolute atomic E-state index is 0.146. The van der Waals surface area contributed by atoms with Gasteiger partial charge in [0, 0.05) is 24.4 Å². The van der Waals surface area contributed by atoms with Gasteiger partial charge in [0.25, 0.3) is 5.91 Å². The fraction of sp³-hybridized carbons (Fsp3) is 0.381. The Kier molecular flexibility index (Phi) is 5.20. The summed E-state index contributed by atoms with van der Waals surface area (Å²) < 4.78 is 19.0. The molecule has 10 nitrogen and oxygen atoms in total. The number of hydrazine groups is 1. The van der Waals surface area contributed by atoms with Crippen LogP contribution in [-0.4, -0.2) is 36.8 Å². The molecular weight excluding hydrogens is 430 g/mol. The van der Waals surface area contributed by atoms with Crippen molar-refractivity contribution < 1.29 is 13.7 Å². The van der Waals surface area contributed by atoms with Crippen LogP contribution in [0.25, 0.3) is 11.0 Å². The molecule has 1 aromatic carbocycles. The Bertz CT molecular complexity index is 1200. The maximum atomic E-state index is 13.4. The van der Waals surface area contributed by atoms with Gasteiger partial charge < -0.3 is 14.6 Å². The molecule has 5 N–H and O–H groups in total. The number of nitrogens with zero attached hydrogens (tertiary/aromatic N) is 4. The molecule has 3 heterocycles. The van der Waals surface area contributed by atoms with Crippen LogP contribution in [0.4, 0.5) is 11.6 Å². The highest BCUT2D eigenvalue weighted by atomic mass is 32.2. The highest BCUT2D eigenvalue weighted by Gasteiger charge is 2.51. The molecule has 3 aromatic rings. The Labute approximate surface area is 187 Å². The van der Waals surface area contributed by atoms with Gasteiger partial charge in [0.15, 0.2) is 6.23 Å². The van der Waals surface area contributed by atoms with Crippen molar-refractivity contribution in [2.75, 3.05) is 12.4 Å². The number of methoxy groups -OCH3 is 1. The standard InChI is InChI=1S/C21H25N7O3S/c1-31-18-16-11-13-12-24-20(25-14-5-7-15(8-6-14)32(23)30)26-17(13)27(16)21(19(29)28(18)22)9-3-2-4-10-21/h5-8,11-12,18H,2-4,9-10,22-23H2,1H3,(H,24,25,26). The molecule has 2 aromatic heterocycles. The van der Waals surface area contributed by atoms with E-state index in [0.29, 0.717) is 29.3 Å². The molecule has 2 unspecified atom stereocenters. The minimum atomic E-state index is -1.54. The van der Waals surface area contributed by atoms with Crippen molar-refractivity contribution in [3.05, 3.63) is 42.2 Å². The number of nitrogens with two attached hydrogens (primary N) is 2. The van der Waals surface area contributed by atoms with Gasteiger partial charge in [-0.15, -0.1) is 0 Å². The van der Waals surface area contributed by atoms with Crippen LogP contribution in [0.5, 0.6) is 0 Å². The number of ether oxygens (including phenoxy) is 1. The molecule has 1 amide bonds. The lowest BCUT2D eigenvalue weighted by Crippen LogP contribution is -2.60. The Morgan fingerprint density at radius 3 is 2.59 bits per heavy atom. The van der Waals surface area contributed by atoms with Gasteiger partial charge in [-0.25, -0.2) is 25.2 Å². The van der Waals surface area contributed by atoms with Gasteiger partial charge in [0.2, 0.25) is 5.95 Å². The van der Waals surface area contributed by atoms with Gasteiger partial charge in [0.05, 0.1) is 10.6 Å². The number of carbonyl (C=O) groups is 1. The lowest BCUT2D eigenvalue weighted by atomic mass is 9.79. The molecule has 1 aliphatic carbocycles. The maximum absolute atomic E-state index is 13.4. The molecule has 1 saturated carbocycles. The zero-order valence-corrected chi connectivity index (χ0v) is 18.5. The lowest BCUT2D eigenvalue weighted by molar-refractivity contribution is -0.164. The van der Waals surface area contributed by atoms with Crippen LogP contribution in [-0.2, 0) is 26.1 Å². The molecule has 5 rings (SSSR count). The van der Waals surface area contributed by atoms with Gasteiger partial charge in [-0.1, -0.05) is 19.3 Å². The van der Waals surface area contributed by atoms with Crippen LogP contribution in [0, 0.1) is 0 Å². The number of fused-ring (bicyclic) bond motifs is 4. The highest BCUT2D eigenvalue weighted by Crippen LogP contribution is 2.45. The molecule has 1 fully saturated rings. The summed E-state index contributed by atoms with van der Waals surface area (Å²) in [6, 6.07) is 8.85. The second-order valence-electron chi connectivity index (χ2n) is 8.22. The van der Waals surface area contributed by atoms with E-state index < -0.39 is 22.8 Å². The third-order valence-corrected chi connectivity index (χ3v) is 7.12. The number of rotatable bonds is 4. The fourth-order valence-corrected chi connectivity index (χ4v) is 5.30. The predicted molar refractivity (Wildman–Crippen MR) is 120 cm³/mol. The van der Waals surface area contributed by atoms with Crippen LogP contribution < -0.4 is 16.3 Å². The van der Waals surface area contributed by atoms with E-state index in [-0.39, 0.29) is 5.91 Å². The van der Waals surface area contributed by atoms with Crippen molar-refractivity contribution in [2.24, 2.45) is 11.0 Å². The normalized spacial score (nSPS) is 21.0. The van der Waals surface area contributed by atoms with Crippen LogP contribution in [0.3, 0.4) is 0 Å². The van der Waals surface area contributed by atoms with Crippen LogP contribution in [0.2, 0.25) is 0 Å². The second kappa shape index (κ2) is 7.93. The van der Waals surface area contributed by atoms with E-state index in [9.17, 15) is 9.00 Å². The molecule has 2 aliphatic rings. The van der Waals surface area contributed by atoms with Gasteiger partial charge in [-0.05, 0) is 43.2 Å². The minimum Gasteiger partial charge on any atom is -0.354 e. The largest absolute Gasteiger partial charge is 0.354 e. The first-order valence-electron chi connectivity index (χ1n) is 10.5. The van der Waals surface area contributed by atoms with Crippen molar-refractivity contribution in [1.82, 2.24) is 19.5 Å². The number of amides is 1. The monoisotopic (exact) mass is 455 g/mol. The van der Waals surface area contributed by atoms with E-state index in [2.05, 4.69) is 10.3 Å². The van der Waals surface area contributed by atoms with Crippen molar-refractivity contribution in [2.45, 2.75) is 48.8 Å². The Hall–Kier alpha value is -2.86. The number of hydrogen-bond donors (Lipinski definition) is 3. The fourth-order valence-electron chi connectivity index (χ4n) is 4.90. The predicted octanol–water partition coefficient (Wildman–Crippen LogP) is 2.18. The summed E-state index contributed by atoms with van der Waals surface area (Å²) in [5.74, 6) is 6.45. The van der Waals surface area contributed by atoms with Gasteiger partial charge in [-0.3, -0.25) is 4.79 Å². The summed E-state index contributed by atoms with van der Waals surface area (Å²) in [6.07, 6.45) is 5.43. The topological polar surface area (TPSA) is 141 Å². The first-order valence-corrected chi connectivity index (χ1v) is 11.7. The second-order valence-corrected chi connectivity index (χ2v) is 9.28. The van der Waals surface area contributed by atoms with Crippen LogP contribution in [0.1, 0.15) is 44.0 Å². The van der Waals surface area contributed by atoms with E-state index in [0.717, 1.165) is 36.0 Å². The maximum Gasteiger partial charge on any atom is 0.265 e. The summed E-state index contributed by atoms with van der Waals surface area (Å²) in [7, 11) is 0.000867. The third kappa shape index (κ3) is 3.20. The first-order chi connectivity index (χ1) is 15.4. The Balaban J connectivity index is 1.61. The molecule has 0 saturated heterocycles. The number of benzene rings is 1. The molecular formula is C21H25N7O3S. The van der Waals surface area contributed by atoms with E-state index in [1.807, 2.05) is 10.6 Å². The van der Waals surface area contributed by atoms with E-state index in [1.165, 1.54) is 12.1 Å². The molecule has 1 spiro atoms. The van der Waals surface area contributed by atoms with Crippen LogP contribution >= 0.6 is 0 Å². The SMILES string of the molecule is COC1c2cc3cnc(Nc4ccc(S(N)=O)cc4)nc3n2C2(CCCCC2)C(=O)N1N. The first kappa shape index (κ1) is 21.0.